The fourth-order valence-electron chi connectivity index (χ4n) is 1.96. The summed E-state index contributed by atoms with van der Waals surface area (Å²) in [7, 11) is 3.42. The molecule has 0 unspecified atom stereocenters. The van der Waals surface area contributed by atoms with Gasteiger partial charge in [-0.2, -0.15) is 0 Å². The first-order valence-corrected chi connectivity index (χ1v) is 7.76. The van der Waals surface area contributed by atoms with Crippen molar-refractivity contribution in [3.8, 4) is 0 Å². The van der Waals surface area contributed by atoms with Crippen molar-refractivity contribution in [3.05, 3.63) is 44.4 Å². The standard InChI is InChI=1S/C15H18ClN3OS/c1-9-14(21-10(2)18-9)8-17-11-5-6-13(16)12(7-11)15(20)19(3)4/h5-7,17H,8H2,1-4H3. The minimum Gasteiger partial charge on any atom is -0.380 e. The van der Waals surface area contributed by atoms with Crippen molar-refractivity contribution in [2.24, 2.45) is 0 Å². The van der Waals surface area contributed by atoms with E-state index < -0.39 is 0 Å². The quantitative estimate of drug-likeness (QED) is 0.932. The second kappa shape index (κ2) is 6.45. The first-order valence-electron chi connectivity index (χ1n) is 6.56. The van der Waals surface area contributed by atoms with Crippen LogP contribution < -0.4 is 5.32 Å². The highest BCUT2D eigenvalue weighted by Crippen LogP contribution is 2.23. The van der Waals surface area contributed by atoms with Crippen molar-refractivity contribution in [2.75, 3.05) is 19.4 Å². The number of nitrogens with zero attached hydrogens (tertiary/aromatic N) is 2. The zero-order valence-corrected chi connectivity index (χ0v) is 14.1. The number of aromatic nitrogens is 1. The number of hydrogen-bond acceptors (Lipinski definition) is 4. The largest absolute Gasteiger partial charge is 0.380 e. The molecule has 0 aliphatic heterocycles. The molecule has 0 fully saturated rings. The zero-order chi connectivity index (χ0) is 15.6. The molecule has 0 aliphatic rings. The Morgan fingerprint density at radius 1 is 1.38 bits per heavy atom. The van der Waals surface area contributed by atoms with Crippen LogP contribution in [0.3, 0.4) is 0 Å². The molecule has 2 aromatic rings. The molecule has 1 N–H and O–H groups in total. The molecule has 2 rings (SSSR count). The zero-order valence-electron chi connectivity index (χ0n) is 12.5. The van der Waals surface area contributed by atoms with Gasteiger partial charge in [0, 0.05) is 24.7 Å². The summed E-state index contributed by atoms with van der Waals surface area (Å²) in [4.78, 5) is 19.2. The number of thiazole rings is 1. The van der Waals surface area contributed by atoms with Crippen LogP contribution >= 0.6 is 22.9 Å². The van der Waals surface area contributed by atoms with Gasteiger partial charge in [-0.3, -0.25) is 4.79 Å². The third kappa shape index (κ3) is 3.74. The van der Waals surface area contributed by atoms with E-state index in [4.69, 9.17) is 11.6 Å². The molecule has 1 aromatic carbocycles. The molecule has 1 aromatic heterocycles. The van der Waals surface area contributed by atoms with E-state index in [-0.39, 0.29) is 5.91 Å². The number of amides is 1. The van der Waals surface area contributed by atoms with E-state index >= 15 is 0 Å². The lowest BCUT2D eigenvalue weighted by atomic mass is 10.1. The maximum atomic E-state index is 12.1. The lowest BCUT2D eigenvalue weighted by Gasteiger charge is -2.13. The van der Waals surface area contributed by atoms with Gasteiger partial charge in [0.25, 0.3) is 5.91 Å². The van der Waals surface area contributed by atoms with Gasteiger partial charge in [-0.25, -0.2) is 4.98 Å². The Kier molecular flexibility index (Phi) is 4.85. The van der Waals surface area contributed by atoms with Crippen LogP contribution in [0.1, 0.15) is 25.9 Å². The van der Waals surface area contributed by atoms with Crippen molar-refractivity contribution < 1.29 is 4.79 Å². The van der Waals surface area contributed by atoms with Crippen LogP contribution in [0.25, 0.3) is 0 Å². The van der Waals surface area contributed by atoms with Crippen molar-refractivity contribution in [2.45, 2.75) is 20.4 Å². The Hall–Kier alpha value is -1.59. The summed E-state index contributed by atoms with van der Waals surface area (Å²) in [6, 6.07) is 5.40. The summed E-state index contributed by atoms with van der Waals surface area (Å²) in [6.07, 6.45) is 0. The molecular formula is C15H18ClN3OS. The van der Waals surface area contributed by atoms with Gasteiger partial charge in [-0.1, -0.05) is 11.6 Å². The normalized spacial score (nSPS) is 10.5. The number of benzene rings is 1. The van der Waals surface area contributed by atoms with Gasteiger partial charge in [-0.15, -0.1) is 11.3 Å². The molecule has 6 heteroatoms. The summed E-state index contributed by atoms with van der Waals surface area (Å²) in [5, 5.41) is 4.84. The smallest absolute Gasteiger partial charge is 0.254 e. The van der Waals surface area contributed by atoms with Gasteiger partial charge in [0.05, 0.1) is 27.8 Å². The average molecular weight is 324 g/mol. The van der Waals surface area contributed by atoms with E-state index in [1.165, 1.54) is 9.78 Å². The van der Waals surface area contributed by atoms with Gasteiger partial charge >= 0.3 is 0 Å². The maximum Gasteiger partial charge on any atom is 0.254 e. The number of halogens is 1. The van der Waals surface area contributed by atoms with E-state index in [1.54, 1.807) is 37.6 Å². The van der Waals surface area contributed by atoms with Crippen LogP contribution in [0.2, 0.25) is 5.02 Å². The molecule has 112 valence electrons. The van der Waals surface area contributed by atoms with Crippen LogP contribution in [0, 0.1) is 13.8 Å². The van der Waals surface area contributed by atoms with E-state index in [1.807, 2.05) is 19.9 Å². The Balaban J connectivity index is 2.16. The van der Waals surface area contributed by atoms with Gasteiger partial charge < -0.3 is 10.2 Å². The second-order valence-electron chi connectivity index (χ2n) is 4.99. The van der Waals surface area contributed by atoms with Gasteiger partial charge in [-0.05, 0) is 32.0 Å². The molecule has 4 nitrogen and oxygen atoms in total. The molecule has 0 atom stereocenters. The Morgan fingerprint density at radius 2 is 2.10 bits per heavy atom. The molecule has 21 heavy (non-hydrogen) atoms. The van der Waals surface area contributed by atoms with Crippen LogP contribution in [0.4, 0.5) is 5.69 Å². The third-order valence-corrected chi connectivity index (χ3v) is 4.46. The number of carbonyl (C=O) groups is 1. The van der Waals surface area contributed by atoms with Crippen LogP contribution in [-0.2, 0) is 6.54 Å². The Labute approximate surface area is 133 Å². The van der Waals surface area contributed by atoms with Crippen LogP contribution in [0.15, 0.2) is 18.2 Å². The number of rotatable bonds is 4. The van der Waals surface area contributed by atoms with E-state index in [0.717, 1.165) is 16.4 Å². The minimum absolute atomic E-state index is 0.103. The van der Waals surface area contributed by atoms with Gasteiger partial charge in [0.15, 0.2) is 0 Å². The van der Waals surface area contributed by atoms with Crippen molar-refractivity contribution in [1.29, 1.82) is 0 Å². The van der Waals surface area contributed by atoms with E-state index in [9.17, 15) is 4.79 Å². The first-order chi connectivity index (χ1) is 9.88. The number of nitrogens with one attached hydrogen (secondary N) is 1. The number of carbonyl (C=O) groups excluding carboxylic acids is 1. The Morgan fingerprint density at radius 3 is 2.67 bits per heavy atom. The summed E-state index contributed by atoms with van der Waals surface area (Å²) < 4.78 is 0. The molecule has 0 saturated heterocycles. The fourth-order valence-corrected chi connectivity index (χ4v) is 3.04. The number of hydrogen-bond donors (Lipinski definition) is 1. The second-order valence-corrected chi connectivity index (χ2v) is 6.68. The predicted octanol–water partition coefficient (Wildman–Crippen LogP) is 3.73. The molecule has 0 spiro atoms. The van der Waals surface area contributed by atoms with Crippen molar-refractivity contribution in [3.63, 3.8) is 0 Å². The molecule has 1 heterocycles. The SMILES string of the molecule is Cc1nc(C)c(CNc2ccc(Cl)c(C(=O)N(C)C)c2)s1. The number of aryl methyl sites for hydroxylation is 2. The lowest BCUT2D eigenvalue weighted by molar-refractivity contribution is 0.0828. The molecule has 0 radical (unpaired) electrons. The summed E-state index contributed by atoms with van der Waals surface area (Å²) in [5.41, 5.74) is 2.42. The van der Waals surface area contributed by atoms with E-state index in [2.05, 4.69) is 10.3 Å². The highest BCUT2D eigenvalue weighted by molar-refractivity contribution is 7.11. The fraction of sp³-hybridized carbons (Fsp3) is 0.333. The lowest BCUT2D eigenvalue weighted by Crippen LogP contribution is -2.22. The topological polar surface area (TPSA) is 45.2 Å². The van der Waals surface area contributed by atoms with Gasteiger partial charge in [0.2, 0.25) is 0 Å². The van der Waals surface area contributed by atoms with Crippen molar-refractivity contribution >= 4 is 34.5 Å². The number of anilines is 1. The molecule has 0 saturated carbocycles. The average Bonchev–Trinajstić information content (AvgIpc) is 2.75. The molecular weight excluding hydrogens is 306 g/mol. The first kappa shape index (κ1) is 15.8. The predicted molar refractivity (Wildman–Crippen MR) is 88.4 cm³/mol. The van der Waals surface area contributed by atoms with Crippen molar-refractivity contribution in [1.82, 2.24) is 9.88 Å². The summed E-state index contributed by atoms with van der Waals surface area (Å²) >= 11 is 7.77. The highest BCUT2D eigenvalue weighted by atomic mass is 35.5. The van der Waals surface area contributed by atoms with Crippen LogP contribution in [-0.4, -0.2) is 29.9 Å². The monoisotopic (exact) mass is 323 g/mol. The molecule has 1 amide bonds. The van der Waals surface area contributed by atoms with Crippen LogP contribution in [0.5, 0.6) is 0 Å². The Bertz CT molecular complexity index is 667. The third-order valence-electron chi connectivity index (χ3n) is 3.06. The molecule has 0 aliphatic carbocycles. The minimum atomic E-state index is -0.103. The highest BCUT2D eigenvalue weighted by Gasteiger charge is 2.13. The molecule has 0 bridgehead atoms. The summed E-state index contributed by atoms with van der Waals surface area (Å²) in [6.45, 7) is 4.69. The maximum absolute atomic E-state index is 12.1. The van der Waals surface area contributed by atoms with E-state index in [0.29, 0.717) is 17.1 Å². The summed E-state index contributed by atoms with van der Waals surface area (Å²) in [5.74, 6) is -0.103. The van der Waals surface area contributed by atoms with Gasteiger partial charge in [0.1, 0.15) is 0 Å².